The highest BCUT2D eigenvalue weighted by atomic mass is 35.5. The molecule has 4 rings (SSSR count). The number of benzene rings is 2. The highest BCUT2D eigenvalue weighted by Gasteiger charge is 2.43. The van der Waals surface area contributed by atoms with Crippen molar-refractivity contribution in [3.05, 3.63) is 53.1 Å². The summed E-state index contributed by atoms with van der Waals surface area (Å²) in [6.07, 6.45) is 2.01. The number of piperidine rings is 1. The van der Waals surface area contributed by atoms with Gasteiger partial charge in [0, 0.05) is 0 Å². The Kier molecular flexibility index (Phi) is 5.48. The first-order valence-corrected chi connectivity index (χ1v) is 10.1. The van der Waals surface area contributed by atoms with Crippen LogP contribution in [0.15, 0.2) is 42.5 Å². The molecule has 29 heavy (non-hydrogen) atoms. The normalized spacial score (nSPS) is 21.0. The molecule has 0 spiro atoms. The van der Waals surface area contributed by atoms with Crippen molar-refractivity contribution in [1.29, 1.82) is 0 Å². The summed E-state index contributed by atoms with van der Waals surface area (Å²) in [5, 5.41) is 9.83. The van der Waals surface area contributed by atoms with Gasteiger partial charge in [-0.05, 0) is 67.7 Å². The lowest BCUT2D eigenvalue weighted by Crippen LogP contribution is -2.45. The lowest BCUT2D eigenvalue weighted by Gasteiger charge is -2.35. The summed E-state index contributed by atoms with van der Waals surface area (Å²) in [5.41, 5.74) is 1.68. The molecule has 152 valence electrons. The molecule has 2 aliphatic rings. The number of rotatable bonds is 4. The van der Waals surface area contributed by atoms with Gasteiger partial charge in [0.2, 0.25) is 5.91 Å². The van der Waals surface area contributed by atoms with E-state index in [4.69, 9.17) is 16.3 Å². The minimum absolute atomic E-state index is 0.187. The van der Waals surface area contributed by atoms with Crippen LogP contribution in [0.25, 0.3) is 0 Å². The fraction of sp³-hybridized carbons (Fsp3) is 0.364. The van der Waals surface area contributed by atoms with E-state index in [0.29, 0.717) is 22.4 Å². The molecular formula is C22H23ClN2O4. The van der Waals surface area contributed by atoms with E-state index in [1.165, 1.54) is 17.6 Å². The van der Waals surface area contributed by atoms with Crippen LogP contribution in [0.3, 0.4) is 0 Å². The molecule has 2 aromatic rings. The molecular weight excluding hydrogens is 392 g/mol. The SMILES string of the molecule is COc1ccc(N2C(=O)CC(N3CCC(c4ccc(O)cc4)CC3)C2=O)cc1Cl. The first-order valence-electron chi connectivity index (χ1n) is 9.71. The zero-order chi connectivity index (χ0) is 20.5. The van der Waals surface area contributed by atoms with E-state index in [9.17, 15) is 14.7 Å². The lowest BCUT2D eigenvalue weighted by molar-refractivity contribution is -0.123. The fourth-order valence-corrected chi connectivity index (χ4v) is 4.51. The van der Waals surface area contributed by atoms with Gasteiger partial charge in [0.25, 0.3) is 5.91 Å². The quantitative estimate of drug-likeness (QED) is 0.774. The zero-order valence-electron chi connectivity index (χ0n) is 16.2. The molecule has 1 N–H and O–H groups in total. The third-order valence-corrected chi connectivity index (χ3v) is 6.15. The molecule has 0 bridgehead atoms. The predicted octanol–water partition coefficient (Wildman–Crippen LogP) is 3.57. The number of nitrogens with zero attached hydrogens (tertiary/aromatic N) is 2. The summed E-state index contributed by atoms with van der Waals surface area (Å²) in [4.78, 5) is 29.0. The Morgan fingerprint density at radius 1 is 1.07 bits per heavy atom. The second kappa shape index (κ2) is 8.05. The van der Waals surface area contributed by atoms with Gasteiger partial charge in [0.05, 0.1) is 30.3 Å². The molecule has 0 radical (unpaired) electrons. The molecule has 0 saturated carbocycles. The Bertz CT molecular complexity index is 923. The van der Waals surface area contributed by atoms with Crippen molar-refractivity contribution in [2.45, 2.75) is 31.2 Å². The van der Waals surface area contributed by atoms with Crippen molar-refractivity contribution < 1.29 is 19.4 Å². The molecule has 2 aromatic carbocycles. The number of amides is 2. The van der Waals surface area contributed by atoms with E-state index in [1.807, 2.05) is 12.1 Å². The molecule has 2 aliphatic heterocycles. The van der Waals surface area contributed by atoms with E-state index in [1.54, 1.807) is 30.3 Å². The lowest BCUT2D eigenvalue weighted by atomic mass is 9.89. The first kappa shape index (κ1) is 19.7. The molecule has 2 fully saturated rings. The monoisotopic (exact) mass is 414 g/mol. The molecule has 2 amide bonds. The van der Waals surface area contributed by atoms with Crippen LogP contribution in [0.1, 0.15) is 30.7 Å². The molecule has 7 heteroatoms. The number of aromatic hydroxyl groups is 1. The Morgan fingerprint density at radius 2 is 1.76 bits per heavy atom. The van der Waals surface area contributed by atoms with Crippen LogP contribution in [0, 0.1) is 0 Å². The van der Waals surface area contributed by atoms with Crippen molar-refractivity contribution in [1.82, 2.24) is 4.90 Å². The Morgan fingerprint density at radius 3 is 2.38 bits per heavy atom. The predicted molar refractivity (Wildman–Crippen MR) is 111 cm³/mol. The van der Waals surface area contributed by atoms with Crippen molar-refractivity contribution in [3.63, 3.8) is 0 Å². The van der Waals surface area contributed by atoms with E-state index in [2.05, 4.69) is 4.90 Å². The van der Waals surface area contributed by atoms with E-state index in [-0.39, 0.29) is 24.0 Å². The van der Waals surface area contributed by atoms with Gasteiger partial charge in [-0.2, -0.15) is 0 Å². The Balaban J connectivity index is 1.44. The van der Waals surface area contributed by atoms with Gasteiger partial charge in [-0.15, -0.1) is 0 Å². The third-order valence-electron chi connectivity index (χ3n) is 5.85. The summed E-state index contributed by atoms with van der Waals surface area (Å²) in [6, 6.07) is 11.8. The number of anilines is 1. The van der Waals surface area contributed by atoms with E-state index in [0.717, 1.165) is 25.9 Å². The van der Waals surface area contributed by atoms with Crippen LogP contribution in [0.4, 0.5) is 5.69 Å². The zero-order valence-corrected chi connectivity index (χ0v) is 16.9. The van der Waals surface area contributed by atoms with Crippen molar-refractivity contribution in [3.8, 4) is 11.5 Å². The molecule has 2 heterocycles. The van der Waals surface area contributed by atoms with Crippen molar-refractivity contribution in [2.75, 3.05) is 25.1 Å². The standard InChI is InChI=1S/C22H23ClN2O4/c1-29-20-7-4-16(12-18(20)23)25-21(27)13-19(22(25)28)24-10-8-15(9-11-24)14-2-5-17(26)6-3-14/h2-7,12,15,19,26H,8-11,13H2,1H3. The van der Waals surface area contributed by atoms with Crippen LogP contribution < -0.4 is 9.64 Å². The van der Waals surface area contributed by atoms with Gasteiger partial charge in [-0.3, -0.25) is 14.5 Å². The smallest absolute Gasteiger partial charge is 0.251 e. The molecule has 0 aliphatic carbocycles. The molecule has 1 unspecified atom stereocenters. The maximum absolute atomic E-state index is 13.0. The van der Waals surface area contributed by atoms with Crippen LogP contribution in [-0.4, -0.2) is 48.1 Å². The fourth-order valence-electron chi connectivity index (χ4n) is 4.26. The van der Waals surface area contributed by atoms with Crippen LogP contribution in [0.5, 0.6) is 11.5 Å². The number of imide groups is 1. The van der Waals surface area contributed by atoms with Gasteiger partial charge in [0.15, 0.2) is 0 Å². The van der Waals surface area contributed by atoms with E-state index >= 15 is 0 Å². The maximum atomic E-state index is 13.0. The summed E-state index contributed by atoms with van der Waals surface area (Å²) < 4.78 is 5.14. The van der Waals surface area contributed by atoms with Crippen molar-refractivity contribution in [2.24, 2.45) is 0 Å². The van der Waals surface area contributed by atoms with Gasteiger partial charge in [-0.1, -0.05) is 23.7 Å². The summed E-state index contributed by atoms with van der Waals surface area (Å²) in [7, 11) is 1.52. The Labute approximate surface area is 174 Å². The second-order valence-electron chi connectivity index (χ2n) is 7.51. The average Bonchev–Trinajstić information content (AvgIpc) is 3.02. The first-order chi connectivity index (χ1) is 14.0. The average molecular weight is 415 g/mol. The van der Waals surface area contributed by atoms with Gasteiger partial charge in [0.1, 0.15) is 11.5 Å². The van der Waals surface area contributed by atoms with Crippen LogP contribution in [0.2, 0.25) is 5.02 Å². The third kappa shape index (κ3) is 3.82. The van der Waals surface area contributed by atoms with Gasteiger partial charge in [-0.25, -0.2) is 4.90 Å². The number of carbonyl (C=O) groups is 2. The number of likely N-dealkylation sites (tertiary alicyclic amines) is 1. The second-order valence-corrected chi connectivity index (χ2v) is 7.92. The number of halogens is 1. The number of hydrogen-bond donors (Lipinski definition) is 1. The largest absolute Gasteiger partial charge is 0.508 e. The minimum atomic E-state index is -0.427. The Hall–Kier alpha value is -2.57. The summed E-state index contributed by atoms with van der Waals surface area (Å²) in [6.45, 7) is 1.51. The minimum Gasteiger partial charge on any atom is -0.508 e. The highest BCUT2D eigenvalue weighted by Crippen LogP contribution is 2.35. The van der Waals surface area contributed by atoms with E-state index < -0.39 is 6.04 Å². The number of ether oxygens (including phenoxy) is 1. The maximum Gasteiger partial charge on any atom is 0.251 e. The number of phenolic OH excluding ortho intramolecular Hbond substituents is 1. The molecule has 2 saturated heterocycles. The number of carbonyl (C=O) groups excluding carboxylic acids is 2. The van der Waals surface area contributed by atoms with Gasteiger partial charge >= 0.3 is 0 Å². The van der Waals surface area contributed by atoms with Crippen molar-refractivity contribution >= 4 is 29.1 Å². The number of phenols is 1. The molecule has 1 atom stereocenters. The summed E-state index contributed by atoms with van der Waals surface area (Å²) in [5.74, 6) is 0.763. The topological polar surface area (TPSA) is 70.1 Å². The molecule has 6 nitrogen and oxygen atoms in total. The van der Waals surface area contributed by atoms with Crippen LogP contribution in [-0.2, 0) is 9.59 Å². The summed E-state index contributed by atoms with van der Waals surface area (Å²) >= 11 is 6.17. The highest BCUT2D eigenvalue weighted by molar-refractivity contribution is 6.33. The molecule has 0 aromatic heterocycles. The van der Waals surface area contributed by atoms with Crippen LogP contribution >= 0.6 is 11.6 Å². The number of hydrogen-bond acceptors (Lipinski definition) is 5. The number of methoxy groups -OCH3 is 1. The van der Waals surface area contributed by atoms with Gasteiger partial charge < -0.3 is 9.84 Å².